The molecule has 0 heterocycles. The third-order valence-corrected chi connectivity index (χ3v) is 2.36. The lowest BCUT2D eigenvalue weighted by molar-refractivity contribution is 0.261. The van der Waals surface area contributed by atoms with Crippen molar-refractivity contribution in [3.05, 3.63) is 0 Å². The maximum atomic E-state index is 4.21. The van der Waals surface area contributed by atoms with Crippen LogP contribution in [0, 0.1) is 0 Å². The summed E-state index contributed by atoms with van der Waals surface area (Å²) >= 11 is 4.21. The molecule has 0 saturated heterocycles. The van der Waals surface area contributed by atoms with Crippen molar-refractivity contribution in [2.45, 2.75) is 38.6 Å². The Hall–Kier alpha value is 0.310. The molecule has 0 saturated carbocycles. The van der Waals surface area contributed by atoms with Gasteiger partial charge in [0.2, 0.25) is 0 Å². The van der Waals surface area contributed by atoms with Crippen LogP contribution in [0.2, 0.25) is 0 Å². The van der Waals surface area contributed by atoms with Crippen molar-refractivity contribution in [2.75, 3.05) is 19.8 Å². The predicted octanol–water partition coefficient (Wildman–Crippen LogP) is 2.43. The molecule has 0 aromatic rings. The largest absolute Gasteiger partial charge is 0.306 e. The molecule has 0 aromatic heterocycles. The van der Waals surface area contributed by atoms with Crippen molar-refractivity contribution < 1.29 is 0 Å². The van der Waals surface area contributed by atoms with Gasteiger partial charge in [0.25, 0.3) is 0 Å². The van der Waals surface area contributed by atoms with E-state index in [-0.39, 0.29) is 0 Å². The van der Waals surface area contributed by atoms with Gasteiger partial charge < -0.3 is 4.90 Å². The van der Waals surface area contributed by atoms with Gasteiger partial charge in [-0.1, -0.05) is 13.3 Å². The molecule has 11 heavy (non-hydrogen) atoms. The minimum Gasteiger partial charge on any atom is -0.306 e. The van der Waals surface area contributed by atoms with Gasteiger partial charge in [-0.05, 0) is 39.1 Å². The quantitative estimate of drug-likeness (QED) is 0.607. The summed E-state index contributed by atoms with van der Waals surface area (Å²) in [5.41, 5.74) is 0. The normalized spacial score (nSPS) is 13.9. The summed E-state index contributed by atoms with van der Waals surface area (Å²) < 4.78 is 0. The Labute approximate surface area is 76.6 Å². The fraction of sp³-hybridized carbons (Fsp3) is 1.00. The van der Waals surface area contributed by atoms with E-state index in [0.29, 0.717) is 0 Å². The molecule has 0 N–H and O–H groups in total. The summed E-state index contributed by atoms with van der Waals surface area (Å²) in [5, 5.41) is 0. The van der Waals surface area contributed by atoms with E-state index in [1.54, 1.807) is 0 Å². The van der Waals surface area contributed by atoms with E-state index >= 15 is 0 Å². The number of thiol groups is 1. The van der Waals surface area contributed by atoms with Gasteiger partial charge in [-0.15, -0.1) is 0 Å². The lowest BCUT2D eigenvalue weighted by Gasteiger charge is -2.23. The summed E-state index contributed by atoms with van der Waals surface area (Å²) in [4.78, 5) is 2.33. The minimum absolute atomic E-state index is 0.771. The monoisotopic (exact) mass is 175 g/mol. The highest BCUT2D eigenvalue weighted by Gasteiger charge is 2.08. The topological polar surface area (TPSA) is 3.24 Å². The Morgan fingerprint density at radius 2 is 1.91 bits per heavy atom. The number of nitrogens with zero attached hydrogens (tertiary/aromatic N) is 1. The first-order valence-corrected chi connectivity index (χ1v) is 5.12. The average molecular weight is 175 g/mol. The van der Waals surface area contributed by atoms with Crippen LogP contribution >= 0.6 is 12.6 Å². The third kappa shape index (κ3) is 5.57. The van der Waals surface area contributed by atoms with Crippen molar-refractivity contribution in [3.8, 4) is 0 Å². The van der Waals surface area contributed by atoms with E-state index in [4.69, 9.17) is 0 Å². The molecule has 0 radical (unpaired) electrons. The lowest BCUT2D eigenvalue weighted by atomic mass is 10.1. The molecule has 1 unspecified atom stereocenters. The number of hydrogen-bond donors (Lipinski definition) is 1. The molecule has 0 aliphatic rings. The maximum Gasteiger partial charge on any atom is 0.00893 e. The molecule has 1 atom stereocenters. The fourth-order valence-corrected chi connectivity index (χ4v) is 1.50. The van der Waals surface area contributed by atoms with E-state index in [9.17, 15) is 0 Å². The van der Waals surface area contributed by atoms with Gasteiger partial charge in [-0.2, -0.15) is 12.6 Å². The molecule has 68 valence electrons. The average Bonchev–Trinajstić information content (AvgIpc) is 1.97. The SMILES string of the molecule is CCCC(CCCS)N(C)C. The molecule has 0 aliphatic carbocycles. The van der Waals surface area contributed by atoms with Crippen LogP contribution in [0.25, 0.3) is 0 Å². The first kappa shape index (κ1) is 11.3. The summed E-state index contributed by atoms with van der Waals surface area (Å²) in [6.45, 7) is 2.25. The van der Waals surface area contributed by atoms with Gasteiger partial charge in [0, 0.05) is 6.04 Å². The second kappa shape index (κ2) is 6.99. The van der Waals surface area contributed by atoms with E-state index in [1.807, 2.05) is 0 Å². The Kier molecular flexibility index (Phi) is 7.18. The lowest BCUT2D eigenvalue weighted by Crippen LogP contribution is -2.27. The first-order chi connectivity index (χ1) is 5.22. The summed E-state index contributed by atoms with van der Waals surface area (Å²) in [7, 11) is 4.33. The highest BCUT2D eigenvalue weighted by molar-refractivity contribution is 7.80. The molecule has 0 fully saturated rings. The molecule has 0 rings (SSSR count). The molecular formula is C9H21NS. The van der Waals surface area contributed by atoms with E-state index in [1.165, 1.54) is 25.7 Å². The second-order valence-corrected chi connectivity index (χ2v) is 3.72. The van der Waals surface area contributed by atoms with Crippen LogP contribution in [-0.2, 0) is 0 Å². The highest BCUT2D eigenvalue weighted by atomic mass is 32.1. The van der Waals surface area contributed by atoms with Gasteiger partial charge in [-0.3, -0.25) is 0 Å². The van der Waals surface area contributed by atoms with Crippen molar-refractivity contribution in [3.63, 3.8) is 0 Å². The van der Waals surface area contributed by atoms with Crippen LogP contribution in [0.15, 0.2) is 0 Å². The molecule has 0 bridgehead atoms. The molecule has 0 aromatic carbocycles. The molecule has 2 heteroatoms. The summed E-state index contributed by atoms with van der Waals surface area (Å²) in [6, 6.07) is 0.771. The van der Waals surface area contributed by atoms with Crippen LogP contribution < -0.4 is 0 Å². The van der Waals surface area contributed by atoms with E-state index in [2.05, 4.69) is 38.5 Å². The van der Waals surface area contributed by atoms with Crippen LogP contribution in [0.3, 0.4) is 0 Å². The number of hydrogen-bond acceptors (Lipinski definition) is 2. The van der Waals surface area contributed by atoms with Crippen molar-refractivity contribution in [2.24, 2.45) is 0 Å². The molecule has 1 nitrogen and oxygen atoms in total. The summed E-state index contributed by atoms with van der Waals surface area (Å²) in [5.74, 6) is 1.02. The fourth-order valence-electron chi connectivity index (χ4n) is 1.32. The first-order valence-electron chi connectivity index (χ1n) is 4.49. The van der Waals surface area contributed by atoms with E-state index in [0.717, 1.165) is 11.8 Å². The van der Waals surface area contributed by atoms with Gasteiger partial charge in [-0.25, -0.2) is 0 Å². The molecule has 0 amide bonds. The van der Waals surface area contributed by atoms with Crippen molar-refractivity contribution in [1.82, 2.24) is 4.90 Å². The standard InChI is InChI=1S/C9H21NS/c1-4-6-9(10(2)3)7-5-8-11/h9,11H,4-8H2,1-3H3. The van der Waals surface area contributed by atoms with Gasteiger partial charge in [0.05, 0.1) is 0 Å². The highest BCUT2D eigenvalue weighted by Crippen LogP contribution is 2.10. The Balaban J connectivity index is 3.51. The van der Waals surface area contributed by atoms with E-state index < -0.39 is 0 Å². The third-order valence-electron chi connectivity index (χ3n) is 2.05. The Morgan fingerprint density at radius 1 is 1.27 bits per heavy atom. The summed E-state index contributed by atoms with van der Waals surface area (Å²) in [6.07, 6.45) is 5.15. The van der Waals surface area contributed by atoms with Crippen molar-refractivity contribution >= 4 is 12.6 Å². The van der Waals surface area contributed by atoms with Crippen LogP contribution in [0.4, 0.5) is 0 Å². The van der Waals surface area contributed by atoms with Crippen LogP contribution in [-0.4, -0.2) is 30.8 Å². The minimum atomic E-state index is 0.771. The maximum absolute atomic E-state index is 4.21. The van der Waals surface area contributed by atoms with Crippen molar-refractivity contribution in [1.29, 1.82) is 0 Å². The van der Waals surface area contributed by atoms with Gasteiger partial charge >= 0.3 is 0 Å². The predicted molar refractivity (Wildman–Crippen MR) is 55.5 cm³/mol. The molecular weight excluding hydrogens is 154 g/mol. The Bertz CT molecular complexity index is 83.6. The van der Waals surface area contributed by atoms with Gasteiger partial charge in [0.15, 0.2) is 0 Å². The zero-order valence-corrected chi connectivity index (χ0v) is 8.90. The molecule has 0 aliphatic heterocycles. The second-order valence-electron chi connectivity index (χ2n) is 3.27. The van der Waals surface area contributed by atoms with Crippen LogP contribution in [0.1, 0.15) is 32.6 Å². The smallest absolute Gasteiger partial charge is 0.00893 e. The van der Waals surface area contributed by atoms with Gasteiger partial charge in [0.1, 0.15) is 0 Å². The zero-order chi connectivity index (χ0) is 8.69. The Morgan fingerprint density at radius 3 is 2.27 bits per heavy atom. The zero-order valence-electron chi connectivity index (χ0n) is 8.01. The number of rotatable bonds is 6. The van der Waals surface area contributed by atoms with Crippen LogP contribution in [0.5, 0.6) is 0 Å². The molecule has 0 spiro atoms.